The lowest BCUT2D eigenvalue weighted by Gasteiger charge is -2.36. The summed E-state index contributed by atoms with van der Waals surface area (Å²) < 4.78 is 0. The average Bonchev–Trinajstić information content (AvgIpc) is 3.51. The van der Waals surface area contributed by atoms with Crippen LogP contribution in [0.3, 0.4) is 0 Å². The zero-order chi connectivity index (χ0) is 65.1. The molecule has 0 radical (unpaired) electrons. The topological polar surface area (TPSA) is 462 Å². The maximum Gasteiger partial charge on any atom is 0.0110 e. The summed E-state index contributed by atoms with van der Waals surface area (Å²) in [5.41, 5.74) is 98.2. The monoisotopic (exact) mass is 1270 g/mol. The van der Waals surface area contributed by atoms with Gasteiger partial charge in [0, 0.05) is 380 Å². The lowest BCUT2D eigenvalue weighted by molar-refractivity contribution is 0.115. The van der Waals surface area contributed by atoms with Crippen LogP contribution in [0.2, 0.25) is 0 Å². The number of rotatable bonds is 71. The molecule has 32 N–H and O–H groups in total. The summed E-state index contributed by atoms with van der Waals surface area (Å²) in [6, 6.07) is 0. The molecule has 0 saturated heterocycles. The highest BCUT2D eigenvalue weighted by Crippen LogP contribution is 2.06. The van der Waals surface area contributed by atoms with Gasteiger partial charge in [0.1, 0.15) is 0 Å². The molecule has 0 aromatic heterocycles. The summed E-state index contributed by atoms with van der Waals surface area (Å²) in [6.45, 7) is 45.7. The van der Waals surface area contributed by atoms with Crippen LogP contribution in [-0.4, -0.2) is 448 Å². The predicted octanol–water partition coefficient (Wildman–Crippen LogP) is -11.4. The molecule has 0 aromatic rings. The quantitative estimate of drug-likeness (QED) is 0.0269. The van der Waals surface area contributed by atoms with Crippen molar-refractivity contribution in [1.29, 1.82) is 0 Å². The van der Waals surface area contributed by atoms with Crippen LogP contribution in [0.15, 0.2) is 0 Å². The summed E-state index contributed by atoms with van der Waals surface area (Å²) in [5, 5.41) is 0. The molecule has 0 aliphatic heterocycles. The second-order valence-electron chi connectivity index (χ2n) is 23.4. The van der Waals surface area contributed by atoms with Crippen LogP contribution in [0.5, 0.6) is 0 Å². The highest BCUT2D eigenvalue weighted by Gasteiger charge is 2.21. The van der Waals surface area contributed by atoms with E-state index < -0.39 is 0 Å². The first-order valence-corrected chi connectivity index (χ1v) is 34.3. The van der Waals surface area contributed by atoms with Crippen molar-refractivity contribution in [3.63, 3.8) is 0 Å². The third-order valence-electron chi connectivity index (χ3n) is 16.6. The molecule has 0 spiro atoms. The van der Waals surface area contributed by atoms with Crippen molar-refractivity contribution in [3.05, 3.63) is 0 Å². The van der Waals surface area contributed by atoms with Crippen LogP contribution >= 0.6 is 0 Å². The van der Waals surface area contributed by atoms with E-state index in [2.05, 4.69) is 68.6 Å². The summed E-state index contributed by atoms with van der Waals surface area (Å²) in [4.78, 5) is 35.1. The molecule has 88 heavy (non-hydrogen) atoms. The Bertz CT molecular complexity index is 1090. The summed E-state index contributed by atoms with van der Waals surface area (Å²) in [6.07, 6.45) is 0. The van der Waals surface area contributed by atoms with Crippen LogP contribution in [0, 0.1) is 0 Å². The van der Waals surface area contributed by atoms with Crippen LogP contribution in [-0.2, 0) is 0 Å². The van der Waals surface area contributed by atoms with Crippen LogP contribution in [0.4, 0.5) is 0 Å². The van der Waals surface area contributed by atoms with Gasteiger partial charge in [-0.2, -0.15) is 0 Å². The van der Waals surface area contributed by atoms with Crippen molar-refractivity contribution in [2.45, 2.75) is 0 Å². The van der Waals surface area contributed by atoms with Gasteiger partial charge < -0.3 is 91.7 Å². The fourth-order valence-electron chi connectivity index (χ4n) is 11.3. The Hall–Kier alpha value is -1.20. The molecule has 0 amide bonds. The molecule has 30 nitrogen and oxygen atoms in total. The van der Waals surface area contributed by atoms with Crippen LogP contribution in [0.1, 0.15) is 0 Å². The van der Waals surface area contributed by atoms with E-state index in [0.717, 1.165) is 275 Å². The first-order chi connectivity index (χ1) is 43.0. The van der Waals surface area contributed by atoms with Crippen LogP contribution in [0.25, 0.3) is 0 Å². The van der Waals surface area contributed by atoms with E-state index in [1.165, 1.54) is 0 Å². The molecular formula is C58H148N30. The first-order valence-electron chi connectivity index (χ1n) is 34.3. The molecule has 0 saturated carbocycles. The van der Waals surface area contributed by atoms with E-state index in [9.17, 15) is 0 Å². The molecule has 0 rings (SSSR count). The second-order valence-corrected chi connectivity index (χ2v) is 23.4. The minimum atomic E-state index is 0.591. The standard InChI is InChI=1S/C58H148N30/c59-1-17-75(18-2-60)33-41-83(42-34-76(19-3-61)20-4-62)49-53-87(54-50-84(43-35-77(21-5-63)22-6-64)44-36-78(23-7-65)24-8-66)57-58-88(55-51-85(45-37-79(25-9-67)26-10-68)46-38-80(27-11-69)28-12-70)56-52-86(47-39-81(29-13-71)30-14-72)48-40-82(31-15-73)32-16-74/h1-74H2. The molecule has 530 valence electrons. The van der Waals surface area contributed by atoms with Gasteiger partial charge in [0.15, 0.2) is 0 Å². The number of nitrogens with zero attached hydrogens (tertiary/aromatic N) is 14. The van der Waals surface area contributed by atoms with Gasteiger partial charge in [-0.05, 0) is 0 Å². The minimum Gasteiger partial charge on any atom is -0.329 e. The van der Waals surface area contributed by atoms with Crippen molar-refractivity contribution in [3.8, 4) is 0 Å². The Balaban J connectivity index is 7.80. The van der Waals surface area contributed by atoms with Crippen molar-refractivity contribution >= 4 is 0 Å². The predicted molar refractivity (Wildman–Crippen MR) is 375 cm³/mol. The van der Waals surface area contributed by atoms with Crippen molar-refractivity contribution in [2.24, 2.45) is 91.7 Å². The average molecular weight is 1270 g/mol. The summed E-state index contributed by atoms with van der Waals surface area (Å²) >= 11 is 0. The van der Waals surface area contributed by atoms with Gasteiger partial charge in [-0.3, -0.25) is 68.6 Å². The Labute approximate surface area is 538 Å². The molecule has 0 aliphatic rings. The van der Waals surface area contributed by atoms with E-state index >= 15 is 0 Å². The summed E-state index contributed by atoms with van der Waals surface area (Å²) in [5.74, 6) is 0. The number of nitrogens with two attached hydrogens (primary N) is 16. The molecule has 0 fully saturated rings. The fraction of sp³-hybridized carbons (Fsp3) is 1.00. The van der Waals surface area contributed by atoms with Gasteiger partial charge in [-0.25, -0.2) is 0 Å². The highest BCUT2D eigenvalue weighted by molar-refractivity contribution is 4.78. The minimum absolute atomic E-state index is 0.591. The molecule has 0 unspecified atom stereocenters. The zero-order valence-corrected chi connectivity index (χ0v) is 56.5. The van der Waals surface area contributed by atoms with Crippen molar-refractivity contribution in [2.75, 3.05) is 380 Å². The van der Waals surface area contributed by atoms with Crippen molar-refractivity contribution in [1.82, 2.24) is 68.6 Å². The Morgan fingerprint density at radius 3 is 0.170 bits per heavy atom. The van der Waals surface area contributed by atoms with Gasteiger partial charge >= 0.3 is 0 Å². The molecule has 0 aliphatic carbocycles. The lowest BCUT2D eigenvalue weighted by Crippen LogP contribution is -2.50. The van der Waals surface area contributed by atoms with E-state index in [0.29, 0.717) is 105 Å². The molecule has 30 heteroatoms. The highest BCUT2D eigenvalue weighted by atomic mass is 15.3. The van der Waals surface area contributed by atoms with E-state index in [-0.39, 0.29) is 0 Å². The summed E-state index contributed by atoms with van der Waals surface area (Å²) in [7, 11) is 0. The van der Waals surface area contributed by atoms with Gasteiger partial charge in [0.2, 0.25) is 0 Å². The van der Waals surface area contributed by atoms with E-state index in [1.54, 1.807) is 0 Å². The zero-order valence-electron chi connectivity index (χ0n) is 56.5. The smallest absolute Gasteiger partial charge is 0.0110 e. The van der Waals surface area contributed by atoms with E-state index in [1.807, 2.05) is 0 Å². The van der Waals surface area contributed by atoms with Crippen LogP contribution < -0.4 is 91.7 Å². The molecule has 0 heterocycles. The second kappa shape index (κ2) is 63.2. The van der Waals surface area contributed by atoms with Gasteiger partial charge in [0.05, 0.1) is 0 Å². The Kier molecular flexibility index (Phi) is 62.3. The maximum atomic E-state index is 6.14. The van der Waals surface area contributed by atoms with E-state index in [4.69, 9.17) is 91.7 Å². The molecule has 0 atom stereocenters. The number of hydrogen-bond donors (Lipinski definition) is 16. The first kappa shape index (κ1) is 86.8. The normalized spacial score (nSPS) is 12.8. The van der Waals surface area contributed by atoms with Gasteiger partial charge in [-0.1, -0.05) is 0 Å². The van der Waals surface area contributed by atoms with Gasteiger partial charge in [-0.15, -0.1) is 0 Å². The molecular weight excluding hydrogens is 1120 g/mol. The number of hydrogen-bond acceptors (Lipinski definition) is 30. The fourth-order valence-corrected chi connectivity index (χ4v) is 11.3. The largest absolute Gasteiger partial charge is 0.329 e. The maximum absolute atomic E-state index is 6.14. The molecule has 0 bridgehead atoms. The third-order valence-corrected chi connectivity index (χ3v) is 16.6. The van der Waals surface area contributed by atoms with Crippen molar-refractivity contribution < 1.29 is 0 Å². The Morgan fingerprint density at radius 2 is 0.125 bits per heavy atom. The SMILES string of the molecule is NCCN(CCN)CCN(CCN(CCN)CCN)CCN(CCN(CCN(CCN)CCN)CCN(CCN)CCN)CCN(CCN(CCN(CCN)CCN)CCN(CCN)CCN)CCN(CCN(CCN)CCN)CCN(CCN)CCN. The Morgan fingerprint density at radius 1 is 0.0795 bits per heavy atom. The van der Waals surface area contributed by atoms with Gasteiger partial charge in [0.25, 0.3) is 0 Å². The molecule has 0 aromatic carbocycles. The third kappa shape index (κ3) is 47.6. The lowest BCUT2D eigenvalue weighted by atomic mass is 10.3.